The number of benzene rings is 1. The van der Waals surface area contributed by atoms with Crippen molar-refractivity contribution in [2.24, 2.45) is 0 Å². The highest BCUT2D eigenvalue weighted by Gasteiger charge is 2.53. The molecule has 0 spiro atoms. The van der Waals surface area contributed by atoms with Gasteiger partial charge in [-0.25, -0.2) is 5.06 Å². The summed E-state index contributed by atoms with van der Waals surface area (Å²) in [7, 11) is 0. The van der Waals surface area contributed by atoms with Crippen molar-refractivity contribution in [1.82, 2.24) is 5.06 Å². The molecule has 1 aromatic carbocycles. The quantitative estimate of drug-likeness (QED) is 0.781. The summed E-state index contributed by atoms with van der Waals surface area (Å²) in [5.41, 5.74) is 0.859. The van der Waals surface area contributed by atoms with Crippen molar-refractivity contribution in [3.63, 3.8) is 0 Å². The Morgan fingerprint density at radius 1 is 1.18 bits per heavy atom. The van der Waals surface area contributed by atoms with E-state index in [1.165, 1.54) is 0 Å². The van der Waals surface area contributed by atoms with E-state index in [1.54, 1.807) is 5.06 Å². The second-order valence-corrected chi connectivity index (χ2v) is 4.90. The van der Waals surface area contributed by atoms with E-state index in [-0.39, 0.29) is 11.3 Å². The highest BCUT2D eigenvalue weighted by Crippen LogP contribution is 2.49. The van der Waals surface area contributed by atoms with E-state index < -0.39 is 0 Å². The first kappa shape index (κ1) is 10.8. The number of nitrogens with zero attached hydrogens (tertiary/aromatic N) is 1. The second-order valence-electron chi connectivity index (χ2n) is 4.90. The normalized spacial score (nSPS) is 22.2. The molecular formula is C14H17NO2. The molecule has 1 amide bonds. The zero-order chi connectivity index (χ0) is 11.7. The van der Waals surface area contributed by atoms with Crippen molar-refractivity contribution in [3.05, 3.63) is 35.9 Å². The molecule has 0 aromatic heterocycles. The number of hydroxylamine groups is 2. The first-order valence-electron chi connectivity index (χ1n) is 6.33. The van der Waals surface area contributed by atoms with Gasteiger partial charge in [0.05, 0.1) is 12.0 Å². The van der Waals surface area contributed by atoms with Crippen LogP contribution < -0.4 is 0 Å². The average Bonchev–Trinajstić information content (AvgIpc) is 3.21. The maximum atomic E-state index is 12.5. The van der Waals surface area contributed by atoms with Gasteiger partial charge in [-0.3, -0.25) is 9.63 Å². The lowest BCUT2D eigenvalue weighted by atomic mass is 9.95. The molecule has 1 heterocycles. The number of amides is 1. The second kappa shape index (κ2) is 4.15. The highest BCUT2D eigenvalue weighted by molar-refractivity contribution is 5.90. The van der Waals surface area contributed by atoms with E-state index >= 15 is 0 Å². The molecule has 1 aromatic rings. The van der Waals surface area contributed by atoms with E-state index in [2.05, 4.69) is 12.1 Å². The first-order valence-corrected chi connectivity index (χ1v) is 6.33. The van der Waals surface area contributed by atoms with Gasteiger partial charge in [-0.1, -0.05) is 30.3 Å². The minimum Gasteiger partial charge on any atom is -0.272 e. The van der Waals surface area contributed by atoms with Crippen LogP contribution in [0.4, 0.5) is 0 Å². The molecule has 0 unspecified atom stereocenters. The molecule has 1 aliphatic heterocycles. The number of carbonyl (C=O) groups is 1. The van der Waals surface area contributed by atoms with Crippen molar-refractivity contribution in [3.8, 4) is 0 Å². The molecule has 1 saturated carbocycles. The fourth-order valence-corrected chi connectivity index (χ4v) is 2.50. The molecule has 2 aliphatic rings. The Bertz CT molecular complexity index is 405. The smallest absolute Gasteiger partial charge is 0.256 e. The number of carbonyl (C=O) groups excluding carboxylic acids is 1. The lowest BCUT2D eigenvalue weighted by Gasteiger charge is -2.29. The summed E-state index contributed by atoms with van der Waals surface area (Å²) in [6.07, 6.45) is 4.02. The van der Waals surface area contributed by atoms with E-state index in [0.29, 0.717) is 6.61 Å². The molecule has 90 valence electrons. The minimum atomic E-state index is -0.279. The van der Waals surface area contributed by atoms with Crippen LogP contribution in [0.3, 0.4) is 0 Å². The van der Waals surface area contributed by atoms with Crippen LogP contribution in [0.15, 0.2) is 30.3 Å². The Kier molecular flexibility index (Phi) is 2.63. The molecule has 2 fully saturated rings. The third kappa shape index (κ3) is 1.84. The summed E-state index contributed by atoms with van der Waals surface area (Å²) < 4.78 is 0. The molecule has 0 atom stereocenters. The minimum absolute atomic E-state index is 0.156. The summed E-state index contributed by atoms with van der Waals surface area (Å²) >= 11 is 0. The Morgan fingerprint density at radius 2 is 1.94 bits per heavy atom. The van der Waals surface area contributed by atoms with Crippen molar-refractivity contribution in [1.29, 1.82) is 0 Å². The summed E-state index contributed by atoms with van der Waals surface area (Å²) in [4.78, 5) is 18.0. The first-order chi connectivity index (χ1) is 8.33. The number of hydrogen-bond donors (Lipinski definition) is 0. The van der Waals surface area contributed by atoms with Gasteiger partial charge in [-0.05, 0) is 31.2 Å². The standard InChI is InChI=1S/C14H17NO2/c16-13(15-10-4-5-11-17-15)14(8-9-14)12-6-2-1-3-7-12/h1-3,6-7H,4-5,8-11H2. The predicted octanol–water partition coefficient (Wildman–Crippen LogP) is 2.27. The van der Waals surface area contributed by atoms with E-state index in [0.717, 1.165) is 37.8 Å². The van der Waals surface area contributed by atoms with Crippen molar-refractivity contribution >= 4 is 5.91 Å². The molecule has 0 radical (unpaired) electrons. The van der Waals surface area contributed by atoms with Gasteiger partial charge in [0.2, 0.25) is 0 Å². The van der Waals surface area contributed by atoms with Gasteiger partial charge in [0.15, 0.2) is 0 Å². The molecule has 3 heteroatoms. The van der Waals surface area contributed by atoms with Gasteiger partial charge >= 0.3 is 0 Å². The fourth-order valence-electron chi connectivity index (χ4n) is 2.50. The molecule has 3 nitrogen and oxygen atoms in total. The Hall–Kier alpha value is -1.35. The summed E-state index contributed by atoms with van der Waals surface area (Å²) in [5.74, 6) is 0.156. The van der Waals surface area contributed by atoms with Crippen LogP contribution in [0.1, 0.15) is 31.2 Å². The summed E-state index contributed by atoms with van der Waals surface area (Å²) in [6, 6.07) is 10.1. The fraction of sp³-hybridized carbons (Fsp3) is 0.500. The van der Waals surface area contributed by atoms with Gasteiger partial charge in [-0.15, -0.1) is 0 Å². The molecule has 1 aliphatic carbocycles. The molecule has 17 heavy (non-hydrogen) atoms. The van der Waals surface area contributed by atoms with Crippen LogP contribution >= 0.6 is 0 Å². The van der Waals surface area contributed by atoms with Gasteiger partial charge in [-0.2, -0.15) is 0 Å². The van der Waals surface area contributed by atoms with Crippen LogP contribution in [-0.2, 0) is 15.0 Å². The van der Waals surface area contributed by atoms with E-state index in [1.807, 2.05) is 18.2 Å². The lowest BCUT2D eigenvalue weighted by molar-refractivity contribution is -0.199. The molecule has 1 saturated heterocycles. The molecule has 3 rings (SSSR count). The van der Waals surface area contributed by atoms with Gasteiger partial charge < -0.3 is 0 Å². The maximum Gasteiger partial charge on any atom is 0.256 e. The van der Waals surface area contributed by atoms with E-state index in [4.69, 9.17) is 4.84 Å². The Labute approximate surface area is 101 Å². The van der Waals surface area contributed by atoms with Gasteiger partial charge in [0, 0.05) is 6.54 Å². The lowest BCUT2D eigenvalue weighted by Crippen LogP contribution is -2.42. The van der Waals surface area contributed by atoms with Crippen LogP contribution in [0.2, 0.25) is 0 Å². The third-order valence-corrected chi connectivity index (χ3v) is 3.71. The zero-order valence-corrected chi connectivity index (χ0v) is 9.89. The maximum absolute atomic E-state index is 12.5. The van der Waals surface area contributed by atoms with Crippen molar-refractivity contribution < 1.29 is 9.63 Å². The molecule has 0 bridgehead atoms. The Balaban J connectivity index is 1.81. The van der Waals surface area contributed by atoms with Gasteiger partial charge in [0.1, 0.15) is 0 Å². The van der Waals surface area contributed by atoms with Crippen molar-refractivity contribution in [2.75, 3.05) is 13.2 Å². The predicted molar refractivity (Wildman–Crippen MR) is 64.3 cm³/mol. The highest BCUT2D eigenvalue weighted by atomic mass is 16.7. The van der Waals surface area contributed by atoms with Crippen molar-refractivity contribution in [2.45, 2.75) is 31.1 Å². The van der Waals surface area contributed by atoms with Gasteiger partial charge in [0.25, 0.3) is 5.91 Å². The number of hydrogen-bond acceptors (Lipinski definition) is 2. The topological polar surface area (TPSA) is 29.5 Å². The molecule has 0 N–H and O–H groups in total. The SMILES string of the molecule is O=C(N1CCCCO1)C1(c2ccccc2)CC1. The van der Waals surface area contributed by atoms with Crippen LogP contribution in [0.25, 0.3) is 0 Å². The average molecular weight is 231 g/mol. The summed E-state index contributed by atoms with van der Waals surface area (Å²) in [6.45, 7) is 1.42. The molecular weight excluding hydrogens is 214 g/mol. The van der Waals surface area contributed by atoms with Crippen LogP contribution in [0.5, 0.6) is 0 Å². The zero-order valence-electron chi connectivity index (χ0n) is 9.89. The van der Waals surface area contributed by atoms with Crippen LogP contribution in [-0.4, -0.2) is 24.1 Å². The monoisotopic (exact) mass is 231 g/mol. The third-order valence-electron chi connectivity index (χ3n) is 3.71. The largest absolute Gasteiger partial charge is 0.272 e. The Morgan fingerprint density at radius 3 is 2.53 bits per heavy atom. The number of rotatable bonds is 2. The van der Waals surface area contributed by atoms with Crippen LogP contribution in [0, 0.1) is 0 Å². The summed E-state index contributed by atoms with van der Waals surface area (Å²) in [5, 5.41) is 1.59. The van der Waals surface area contributed by atoms with E-state index in [9.17, 15) is 4.79 Å².